The number of allylic oxidation sites excluding steroid dienone is 1. The zero-order chi connectivity index (χ0) is 18.1. The van der Waals surface area contributed by atoms with Gasteiger partial charge in [-0.1, -0.05) is 55.8 Å². The van der Waals surface area contributed by atoms with Crippen LogP contribution in [0.1, 0.15) is 41.0 Å². The van der Waals surface area contributed by atoms with Crippen molar-refractivity contribution in [3.63, 3.8) is 0 Å². The van der Waals surface area contributed by atoms with Crippen molar-refractivity contribution >= 4 is 28.2 Å². The number of aromatic nitrogens is 1. The maximum absolute atomic E-state index is 13.5. The van der Waals surface area contributed by atoms with Crippen molar-refractivity contribution in [2.24, 2.45) is 5.41 Å². The van der Waals surface area contributed by atoms with E-state index in [1.54, 1.807) is 0 Å². The Bertz CT molecular complexity index is 1110. The lowest BCUT2D eigenvalue weighted by molar-refractivity contribution is 0.101. The van der Waals surface area contributed by atoms with Crippen LogP contribution in [0.25, 0.3) is 16.6 Å². The third-order valence-corrected chi connectivity index (χ3v) is 5.32. The number of hydrogen-bond acceptors (Lipinski definition) is 2. The second kappa shape index (κ2) is 5.04. The molecular formula is C23H20N2O. The number of fused-ring (bicyclic) bond motifs is 2. The van der Waals surface area contributed by atoms with Crippen LogP contribution in [0.15, 0.2) is 54.6 Å². The summed E-state index contributed by atoms with van der Waals surface area (Å²) in [7, 11) is 0. The standard InChI is InChI=1S/C23H20N2O/c1-14-8-10-15(11-9-14)25-19-13-23(2,3)12-18-21(19)20(22(25)26)16-6-4-5-7-17(16)24-18/h4-11,13H,12H2,1-3H3. The fraction of sp³-hybridized carbons (Fsp3) is 0.217. The fourth-order valence-corrected chi connectivity index (χ4v) is 4.16. The number of anilines is 1. The fourth-order valence-electron chi connectivity index (χ4n) is 4.16. The highest BCUT2D eigenvalue weighted by Gasteiger charge is 2.41. The SMILES string of the molecule is Cc1ccc(N2C(=O)c3c4c(nc5ccccc35)CC(C)(C)C=C42)cc1. The molecule has 0 bridgehead atoms. The first-order valence-corrected chi connectivity index (χ1v) is 9.01. The van der Waals surface area contributed by atoms with Crippen LogP contribution in [0.3, 0.4) is 0 Å². The minimum absolute atomic E-state index is 0.0391. The Hall–Kier alpha value is -2.94. The van der Waals surface area contributed by atoms with Crippen molar-refractivity contribution in [2.75, 3.05) is 4.90 Å². The first-order chi connectivity index (χ1) is 12.4. The summed E-state index contributed by atoms with van der Waals surface area (Å²) in [5.74, 6) is 0.0488. The van der Waals surface area contributed by atoms with Gasteiger partial charge in [0, 0.05) is 16.6 Å². The summed E-state index contributed by atoms with van der Waals surface area (Å²) in [6.45, 7) is 6.47. The number of aryl methyl sites for hydroxylation is 1. The number of carbonyl (C=O) groups is 1. The Morgan fingerprint density at radius 1 is 1.00 bits per heavy atom. The molecule has 3 nitrogen and oxygen atoms in total. The second-order valence-corrected chi connectivity index (χ2v) is 8.00. The zero-order valence-electron chi connectivity index (χ0n) is 15.2. The lowest BCUT2D eigenvalue weighted by Gasteiger charge is -2.30. The lowest BCUT2D eigenvalue weighted by Crippen LogP contribution is -2.26. The largest absolute Gasteiger partial charge is 0.277 e. The van der Waals surface area contributed by atoms with E-state index in [9.17, 15) is 4.79 Å². The van der Waals surface area contributed by atoms with Crippen molar-refractivity contribution in [3.8, 4) is 0 Å². The Morgan fingerprint density at radius 2 is 1.73 bits per heavy atom. The van der Waals surface area contributed by atoms with E-state index in [1.165, 1.54) is 5.56 Å². The molecule has 0 fully saturated rings. The van der Waals surface area contributed by atoms with Crippen LogP contribution in [0, 0.1) is 12.3 Å². The number of amides is 1. The molecule has 0 saturated carbocycles. The van der Waals surface area contributed by atoms with E-state index in [2.05, 4.69) is 39.0 Å². The normalized spacial score (nSPS) is 17.4. The van der Waals surface area contributed by atoms with E-state index in [-0.39, 0.29) is 11.3 Å². The molecular weight excluding hydrogens is 320 g/mol. The number of carbonyl (C=O) groups excluding carboxylic acids is 1. The van der Waals surface area contributed by atoms with E-state index in [0.717, 1.165) is 45.5 Å². The predicted molar refractivity (Wildman–Crippen MR) is 105 cm³/mol. The van der Waals surface area contributed by atoms with Crippen molar-refractivity contribution < 1.29 is 4.79 Å². The Morgan fingerprint density at radius 3 is 2.50 bits per heavy atom. The van der Waals surface area contributed by atoms with E-state index in [0.29, 0.717) is 0 Å². The molecule has 0 saturated heterocycles. The maximum atomic E-state index is 13.5. The van der Waals surface area contributed by atoms with Gasteiger partial charge in [-0.25, -0.2) is 0 Å². The van der Waals surface area contributed by atoms with E-state index in [1.807, 2.05) is 41.3 Å². The number of pyridine rings is 1. The molecule has 2 aliphatic rings. The number of hydrogen-bond donors (Lipinski definition) is 0. The molecule has 0 radical (unpaired) electrons. The summed E-state index contributed by atoms with van der Waals surface area (Å²) in [5.41, 5.74) is 6.80. The van der Waals surface area contributed by atoms with Gasteiger partial charge < -0.3 is 0 Å². The van der Waals surface area contributed by atoms with Crippen LogP contribution in [0.5, 0.6) is 0 Å². The molecule has 128 valence electrons. The summed E-state index contributed by atoms with van der Waals surface area (Å²) in [4.78, 5) is 20.3. The third-order valence-electron chi connectivity index (χ3n) is 5.32. The highest BCUT2D eigenvalue weighted by atomic mass is 16.2. The Kier molecular flexibility index (Phi) is 2.97. The smallest absolute Gasteiger partial charge is 0.264 e. The van der Waals surface area contributed by atoms with Crippen LogP contribution < -0.4 is 4.90 Å². The molecule has 0 unspecified atom stereocenters. The number of rotatable bonds is 1. The van der Waals surface area contributed by atoms with Crippen molar-refractivity contribution in [2.45, 2.75) is 27.2 Å². The van der Waals surface area contributed by atoms with Crippen molar-refractivity contribution in [3.05, 3.63) is 77.0 Å². The average molecular weight is 340 g/mol. The molecule has 1 amide bonds. The van der Waals surface area contributed by atoms with Crippen LogP contribution in [-0.2, 0) is 6.42 Å². The predicted octanol–water partition coefficient (Wildman–Crippen LogP) is 5.13. The molecule has 26 heavy (non-hydrogen) atoms. The van der Waals surface area contributed by atoms with Crippen molar-refractivity contribution in [1.29, 1.82) is 0 Å². The van der Waals surface area contributed by atoms with E-state index >= 15 is 0 Å². The highest BCUT2D eigenvalue weighted by Crippen LogP contribution is 2.47. The molecule has 0 spiro atoms. The van der Waals surface area contributed by atoms with Crippen LogP contribution in [0.2, 0.25) is 0 Å². The molecule has 5 rings (SSSR count). The molecule has 1 aliphatic heterocycles. The molecule has 1 aliphatic carbocycles. The summed E-state index contributed by atoms with van der Waals surface area (Å²) in [6.07, 6.45) is 3.08. The van der Waals surface area contributed by atoms with Crippen LogP contribution in [-0.4, -0.2) is 10.9 Å². The number of nitrogens with zero attached hydrogens (tertiary/aromatic N) is 2. The minimum Gasteiger partial charge on any atom is -0.277 e. The van der Waals surface area contributed by atoms with Crippen LogP contribution in [0.4, 0.5) is 5.69 Å². The monoisotopic (exact) mass is 340 g/mol. The van der Waals surface area contributed by atoms with Gasteiger partial charge in [0.05, 0.1) is 22.5 Å². The van der Waals surface area contributed by atoms with Gasteiger partial charge in [-0.15, -0.1) is 0 Å². The molecule has 1 aromatic heterocycles. The zero-order valence-corrected chi connectivity index (χ0v) is 15.2. The third kappa shape index (κ3) is 2.07. The van der Waals surface area contributed by atoms with Gasteiger partial charge in [-0.3, -0.25) is 14.7 Å². The van der Waals surface area contributed by atoms with Gasteiger partial charge >= 0.3 is 0 Å². The van der Waals surface area contributed by atoms with E-state index in [4.69, 9.17) is 4.98 Å². The Balaban J connectivity index is 1.84. The summed E-state index contributed by atoms with van der Waals surface area (Å²) in [5, 5.41) is 0.941. The minimum atomic E-state index is -0.0391. The summed E-state index contributed by atoms with van der Waals surface area (Å²) < 4.78 is 0. The van der Waals surface area contributed by atoms with Crippen molar-refractivity contribution in [1.82, 2.24) is 4.98 Å². The molecule has 2 aromatic carbocycles. The molecule has 3 heteroatoms. The van der Waals surface area contributed by atoms with Gasteiger partial charge in [0.1, 0.15) is 0 Å². The van der Waals surface area contributed by atoms with Gasteiger partial charge in [-0.05, 0) is 37.0 Å². The summed E-state index contributed by atoms with van der Waals surface area (Å²) >= 11 is 0. The quantitative estimate of drug-likeness (QED) is 0.615. The maximum Gasteiger partial charge on any atom is 0.264 e. The Labute approximate surface area is 153 Å². The van der Waals surface area contributed by atoms with Gasteiger partial charge in [0.15, 0.2) is 0 Å². The van der Waals surface area contributed by atoms with E-state index < -0.39 is 0 Å². The number of para-hydroxylation sites is 1. The first-order valence-electron chi connectivity index (χ1n) is 9.01. The average Bonchev–Trinajstić information content (AvgIpc) is 2.88. The highest BCUT2D eigenvalue weighted by molar-refractivity contribution is 6.27. The van der Waals surface area contributed by atoms with Gasteiger partial charge in [0.2, 0.25) is 0 Å². The topological polar surface area (TPSA) is 33.2 Å². The molecule has 0 N–H and O–H groups in total. The van der Waals surface area contributed by atoms with Crippen LogP contribution >= 0.6 is 0 Å². The molecule has 0 atom stereocenters. The van der Waals surface area contributed by atoms with Gasteiger partial charge in [0.25, 0.3) is 5.91 Å². The van der Waals surface area contributed by atoms with Gasteiger partial charge in [-0.2, -0.15) is 0 Å². The summed E-state index contributed by atoms with van der Waals surface area (Å²) in [6, 6.07) is 16.1. The molecule has 2 heterocycles. The lowest BCUT2D eigenvalue weighted by atomic mass is 9.79. The first kappa shape index (κ1) is 15.3. The molecule has 3 aromatic rings. The second-order valence-electron chi connectivity index (χ2n) is 8.00. The number of benzene rings is 2.